The summed E-state index contributed by atoms with van der Waals surface area (Å²) in [7, 11) is 11.8. The second kappa shape index (κ2) is 54.0. The van der Waals surface area contributed by atoms with Crippen LogP contribution in [-0.4, -0.2) is 200 Å². The maximum atomic E-state index is 13.5. The first-order valence-corrected chi connectivity index (χ1v) is 48.6. The normalized spacial score (nSPS) is 12.8. The number of benzene rings is 6. The average Bonchev–Trinajstić information content (AvgIpc) is 0.807. The highest BCUT2D eigenvalue weighted by Gasteiger charge is 2.31. The Morgan fingerprint density at radius 2 is 0.653 bits per heavy atom. The number of hydrogen-bond donors (Lipinski definition) is 8. The third-order valence-electron chi connectivity index (χ3n) is 26.1. The van der Waals surface area contributed by atoms with Crippen LogP contribution in [0, 0.1) is 47.5 Å². The SMILES string of the molecule is COC(=O)CCCc1cnc(C(=O)Nc2cccc(-c3cccc(CC(=O)c4cc(OC)c(CNCC(=O)OC)cn4)c3C)c2C)cc1OC.COc1cc(C(=O)Nc2cccc(-c3cccc(CC(=O)c4cc(OC)c(CNCC(=O)O)cn4)c3C)c2C)ncc1CCCC(=O)O.COc1cc(C(=O)Nc2cccc(-c3cccc(CC(=O)c4cc(OC)c(CN[C@H]5CCOC5=O)cn4)c3C)c2C)ncc1CC[C@H]1CCOC1=O. The molecule has 150 heavy (non-hydrogen) atoms. The molecule has 3 amide bonds. The fourth-order valence-corrected chi connectivity index (χ4v) is 17.4. The van der Waals surface area contributed by atoms with E-state index in [1.807, 2.05) is 145 Å². The number of carboxylic acid groups (broad SMARTS) is 2. The molecule has 0 unspecified atom stereocenters. The third kappa shape index (κ3) is 29.3. The lowest BCUT2D eigenvalue weighted by atomic mass is 9.91. The van der Waals surface area contributed by atoms with Crippen LogP contribution in [0.2, 0.25) is 0 Å². The molecule has 2 fully saturated rings. The van der Waals surface area contributed by atoms with Crippen LogP contribution in [0.3, 0.4) is 0 Å². The number of carboxylic acids is 2. The Bertz CT molecular complexity index is 6620. The number of aromatic nitrogens is 6. The Balaban J connectivity index is 0.000000200. The second-order valence-electron chi connectivity index (χ2n) is 35.6. The van der Waals surface area contributed by atoms with E-state index in [4.69, 9.17) is 52.8 Å². The van der Waals surface area contributed by atoms with Gasteiger partial charge in [0, 0.05) is 182 Å². The number of esters is 4. The van der Waals surface area contributed by atoms with E-state index in [1.165, 1.54) is 62.2 Å². The van der Waals surface area contributed by atoms with Crippen LogP contribution < -0.4 is 60.3 Å². The number of ether oxygens (including phenoxy) is 10. The van der Waals surface area contributed by atoms with Crippen LogP contribution >= 0.6 is 0 Å². The summed E-state index contributed by atoms with van der Waals surface area (Å²) in [6.45, 7) is 13.2. The van der Waals surface area contributed by atoms with Gasteiger partial charge in [0.1, 0.15) is 74.7 Å². The molecular weight excluding hydrogens is 1920 g/mol. The van der Waals surface area contributed by atoms with Gasteiger partial charge in [-0.1, -0.05) is 91.0 Å². The topological polar surface area (TPSA) is 487 Å². The molecule has 0 bridgehead atoms. The standard InChI is InChI=1S/C40H42N4O8.C38H42N4O8.C36H38N4O8/c1-23-26(17-35(45)33-18-37(50-4)28(22-42-33)21-41-32-14-16-52-40(32)48)7-5-8-29(23)30-9-6-10-31(24(30)2)44-38(46)34-19-36(49-3)27(20-43-34)12-11-25-13-15-51-39(25)47;1-23-25(16-33(43)31-17-35(48-4)27(21-40-31)19-39-22-37(45)50-6)10-7-12-28(23)29-13-9-14-30(24(29)2)42-38(46)32-18-34(47-3)26(20-41-32)11-8-15-36(44)49-5;1-21-23(14-31(41)29-15-33(48-4)25(19-38-29)17-37-20-35(44)45)8-5-10-26(21)27-11-7-12-28(22(27)2)40-36(46)30-16-32(47-3)24(18-39-30)9-6-13-34(42)43/h5-10,18-20,22,25,32,41H,11-17,21H2,1-4H3,(H,44,46);7,9-10,12-14,17-18,20-21,39H,8,11,15-16,19,22H2,1-6H3,(H,42,46);5,7-8,10-12,15-16,18-19,37H,6,9,13-14,17,20H2,1-4H3,(H,40,46)(H,42,43)(H,44,45)/t25-,32-;;/m0../s1. The van der Waals surface area contributed by atoms with Crippen LogP contribution in [0.25, 0.3) is 33.4 Å². The number of carbonyl (C=O) groups excluding carboxylic acids is 10. The number of nitrogens with zero attached hydrogens (tertiary/aromatic N) is 6. The average molecular weight is 2040 g/mol. The van der Waals surface area contributed by atoms with Crippen molar-refractivity contribution in [1.29, 1.82) is 0 Å². The Labute approximate surface area is 868 Å². The van der Waals surface area contributed by atoms with Crippen molar-refractivity contribution in [3.8, 4) is 67.9 Å². The van der Waals surface area contributed by atoms with Crippen molar-refractivity contribution >= 4 is 87.9 Å². The highest BCUT2D eigenvalue weighted by Crippen LogP contribution is 2.39. The van der Waals surface area contributed by atoms with Gasteiger partial charge in [-0.25, -0.2) is 0 Å². The van der Waals surface area contributed by atoms with E-state index in [-0.39, 0.29) is 145 Å². The van der Waals surface area contributed by atoms with Crippen molar-refractivity contribution in [2.24, 2.45) is 5.92 Å². The molecule has 0 saturated carbocycles. The number of Topliss-reactive ketones (excluding diaryl/α,β-unsaturated/α-hetero) is 3. The number of rotatable bonds is 46. The van der Waals surface area contributed by atoms with Gasteiger partial charge in [-0.05, 0) is 188 Å². The van der Waals surface area contributed by atoms with Crippen LogP contribution in [0.4, 0.5) is 17.1 Å². The Hall–Kier alpha value is -16.9. The molecule has 0 radical (unpaired) electrons. The number of aryl methyl sites for hydroxylation is 3. The summed E-state index contributed by atoms with van der Waals surface area (Å²) < 4.78 is 52.4. The van der Waals surface area contributed by atoms with Crippen molar-refractivity contribution < 1.29 is 115 Å². The number of amides is 3. The summed E-state index contributed by atoms with van der Waals surface area (Å²) in [5.74, 6) is -1.90. The number of anilines is 3. The molecule has 0 spiro atoms. The molecule has 8 N–H and O–H groups in total. The van der Waals surface area contributed by atoms with Gasteiger partial charge in [-0.2, -0.15) is 0 Å². The largest absolute Gasteiger partial charge is 0.496 e. The summed E-state index contributed by atoms with van der Waals surface area (Å²) in [5, 5.41) is 35.6. The highest BCUT2D eigenvalue weighted by atomic mass is 16.5. The Morgan fingerprint density at radius 1 is 0.340 bits per heavy atom. The van der Waals surface area contributed by atoms with Gasteiger partial charge in [-0.15, -0.1) is 0 Å². The van der Waals surface area contributed by atoms with E-state index >= 15 is 0 Å². The van der Waals surface area contributed by atoms with Gasteiger partial charge >= 0.3 is 35.8 Å². The molecule has 2 aliphatic heterocycles. The molecule has 2 atom stereocenters. The van der Waals surface area contributed by atoms with Crippen LogP contribution in [0.5, 0.6) is 34.5 Å². The maximum absolute atomic E-state index is 13.5. The molecule has 8 heterocycles. The zero-order valence-electron chi connectivity index (χ0n) is 86.2. The van der Waals surface area contributed by atoms with Crippen LogP contribution in [-0.2, 0) is 106 Å². The van der Waals surface area contributed by atoms with Gasteiger partial charge in [0.25, 0.3) is 17.7 Å². The lowest BCUT2D eigenvalue weighted by molar-refractivity contribution is -0.142. The third-order valence-corrected chi connectivity index (χ3v) is 26.1. The number of ketones is 3. The van der Waals surface area contributed by atoms with Crippen LogP contribution in [0.1, 0.15) is 191 Å². The summed E-state index contributed by atoms with van der Waals surface area (Å²) in [4.78, 5) is 175. The van der Waals surface area contributed by atoms with E-state index in [9.17, 15) is 57.5 Å². The van der Waals surface area contributed by atoms with Gasteiger partial charge < -0.3 is 84.2 Å². The number of methoxy groups -OCH3 is 8. The number of cyclic esters (lactones) is 2. The minimum absolute atomic E-state index is 0.0246. The first-order valence-electron chi connectivity index (χ1n) is 48.6. The summed E-state index contributed by atoms with van der Waals surface area (Å²) >= 11 is 0. The summed E-state index contributed by atoms with van der Waals surface area (Å²) in [6, 6.07) is 43.5. The fourth-order valence-electron chi connectivity index (χ4n) is 17.4. The minimum Gasteiger partial charge on any atom is -0.496 e. The molecule has 2 saturated heterocycles. The second-order valence-corrected chi connectivity index (χ2v) is 35.6. The predicted octanol–water partition coefficient (Wildman–Crippen LogP) is 15.6. The molecule has 2 aliphatic rings. The lowest BCUT2D eigenvalue weighted by Crippen LogP contribution is -2.32. The first-order chi connectivity index (χ1) is 72.3. The van der Waals surface area contributed by atoms with Crippen molar-refractivity contribution in [2.45, 2.75) is 151 Å². The predicted molar refractivity (Wildman–Crippen MR) is 559 cm³/mol. The van der Waals surface area contributed by atoms with E-state index in [0.717, 1.165) is 106 Å². The molecule has 0 aliphatic carbocycles. The Morgan fingerprint density at radius 3 is 0.993 bits per heavy atom. The maximum Gasteiger partial charge on any atom is 0.323 e. The van der Waals surface area contributed by atoms with E-state index in [2.05, 4.69) is 66.5 Å². The molecule has 36 heteroatoms. The number of carbonyl (C=O) groups is 12. The number of hydrogen-bond acceptors (Lipinski definition) is 31. The van der Waals surface area contributed by atoms with Gasteiger partial charge in [-0.3, -0.25) is 92.8 Å². The van der Waals surface area contributed by atoms with Crippen molar-refractivity contribution in [2.75, 3.05) is 99.1 Å². The summed E-state index contributed by atoms with van der Waals surface area (Å²) in [5.41, 5.74) is 20.9. The number of pyridine rings is 6. The molecular formula is C114H122N12O24. The number of nitrogens with one attached hydrogen (secondary N) is 6. The van der Waals surface area contributed by atoms with E-state index in [1.54, 1.807) is 74.4 Å². The zero-order chi connectivity index (χ0) is 108. The van der Waals surface area contributed by atoms with E-state index < -0.39 is 23.8 Å². The quantitative estimate of drug-likeness (QED) is 0.00998. The van der Waals surface area contributed by atoms with E-state index in [0.29, 0.717) is 140 Å². The Kier molecular flexibility index (Phi) is 40.3. The van der Waals surface area contributed by atoms with Crippen molar-refractivity contribution in [3.63, 3.8) is 0 Å². The molecule has 6 aromatic carbocycles. The van der Waals surface area contributed by atoms with Crippen molar-refractivity contribution in [1.82, 2.24) is 45.9 Å². The molecule has 6 aromatic heterocycles. The number of aliphatic carboxylic acids is 2. The van der Waals surface area contributed by atoms with Crippen LogP contribution in [0.15, 0.2) is 183 Å². The van der Waals surface area contributed by atoms with Gasteiger partial charge in [0.05, 0.1) is 89.1 Å². The smallest absolute Gasteiger partial charge is 0.323 e. The van der Waals surface area contributed by atoms with Gasteiger partial charge in [0.15, 0.2) is 17.3 Å². The molecule has 12 aromatic rings. The molecule has 36 nitrogen and oxygen atoms in total. The summed E-state index contributed by atoms with van der Waals surface area (Å²) in [6.07, 6.45) is 14.6. The fraction of sp³-hybridized carbons (Fsp3) is 0.316. The van der Waals surface area contributed by atoms with Crippen molar-refractivity contribution in [3.05, 3.63) is 300 Å². The highest BCUT2D eigenvalue weighted by molar-refractivity contribution is 6.07. The van der Waals surface area contributed by atoms with Gasteiger partial charge in [0.2, 0.25) is 0 Å². The minimum atomic E-state index is -0.981. The zero-order valence-corrected chi connectivity index (χ0v) is 86.2. The monoisotopic (exact) mass is 2040 g/mol. The molecule has 14 rings (SSSR count). The molecule has 782 valence electrons. The first kappa shape index (κ1) is 112. The lowest BCUT2D eigenvalue weighted by Gasteiger charge is -2.17.